The first kappa shape index (κ1) is 46.0. The van der Waals surface area contributed by atoms with Crippen molar-refractivity contribution < 1.29 is 43.5 Å². The fourth-order valence-electron chi connectivity index (χ4n) is 5.32. The van der Waals surface area contributed by atoms with Crippen LogP contribution in [0.1, 0.15) is 54.8 Å². The summed E-state index contributed by atoms with van der Waals surface area (Å²) in [5.74, 6) is -4.63. The molecule has 0 aromatic carbocycles. The van der Waals surface area contributed by atoms with Gasteiger partial charge in [-0.3, -0.25) is 58.3 Å². The molecular weight excluding hydrogens is 793 g/mol. The number of aromatic nitrogens is 4. The van der Waals surface area contributed by atoms with Crippen LogP contribution in [0.2, 0.25) is 0 Å². The third kappa shape index (κ3) is 14.3. The molecule has 0 aliphatic rings. The Morgan fingerprint density at radius 2 is 1.10 bits per heavy atom. The smallest absolute Gasteiger partial charge is 0.253 e. The number of carbonyl (C=O) groups excluding carboxylic acids is 8. The standard InChI is InChI=1S/C40H46N12O9/c1-21(2)13-32(51-35(56)19-42-23(4)54)39(60)50-27-8-12-31(46-17-27)29-10-6-25(15-44-29)38(59)52-33(20-53)40(61)48-22(3)36(57)49-26-7-11-30(45-16-26)28-9-5-24(14-43-28)37(58)47-18-34(41)55/h5-12,14-17,21-22,32-33,53H,13,18-20H2,1-4H3,(H2,41,55)(H,42,54)(H,47,58)(H,48,61)(H,49,57)(H,50,60)(H,51,56)(H,52,59)/t22-,32-,33-/m0/s1. The highest BCUT2D eigenvalue weighted by atomic mass is 16.3. The largest absolute Gasteiger partial charge is 0.394 e. The Balaban J connectivity index is 1.27. The summed E-state index contributed by atoms with van der Waals surface area (Å²) in [6.45, 7) is 5.15. The number of aliphatic hydroxyl groups is 1. The summed E-state index contributed by atoms with van der Waals surface area (Å²) >= 11 is 0. The van der Waals surface area contributed by atoms with Gasteiger partial charge in [0.25, 0.3) is 11.8 Å². The number of amides is 8. The second-order valence-corrected chi connectivity index (χ2v) is 14.0. The van der Waals surface area contributed by atoms with Gasteiger partial charge in [-0.05, 0) is 67.8 Å². The van der Waals surface area contributed by atoms with Gasteiger partial charge in [-0.15, -0.1) is 0 Å². The molecule has 4 heterocycles. The molecule has 61 heavy (non-hydrogen) atoms. The van der Waals surface area contributed by atoms with E-state index in [1.165, 1.54) is 56.8 Å². The van der Waals surface area contributed by atoms with Gasteiger partial charge in [-0.2, -0.15) is 0 Å². The van der Waals surface area contributed by atoms with E-state index in [0.29, 0.717) is 40.6 Å². The molecule has 320 valence electrons. The first-order valence-electron chi connectivity index (χ1n) is 18.8. The normalized spacial score (nSPS) is 12.2. The zero-order valence-electron chi connectivity index (χ0n) is 33.6. The molecule has 0 unspecified atom stereocenters. The Morgan fingerprint density at radius 1 is 0.590 bits per heavy atom. The van der Waals surface area contributed by atoms with Crippen molar-refractivity contribution >= 4 is 58.6 Å². The van der Waals surface area contributed by atoms with Crippen LogP contribution in [0.25, 0.3) is 22.8 Å². The summed E-state index contributed by atoms with van der Waals surface area (Å²) in [6, 6.07) is 8.97. The highest BCUT2D eigenvalue weighted by molar-refractivity contribution is 6.01. The Bertz CT molecular complexity index is 2220. The van der Waals surface area contributed by atoms with Gasteiger partial charge in [0.1, 0.15) is 18.1 Å². The quantitative estimate of drug-likeness (QED) is 0.0584. The number of nitrogens with one attached hydrogen (secondary N) is 7. The maximum absolute atomic E-state index is 13.0. The average Bonchev–Trinajstić information content (AvgIpc) is 3.24. The minimum absolute atomic E-state index is 0.0641. The van der Waals surface area contributed by atoms with Crippen molar-refractivity contribution in [2.75, 3.05) is 30.3 Å². The molecule has 21 nitrogen and oxygen atoms in total. The Labute approximate surface area is 349 Å². The lowest BCUT2D eigenvalue weighted by Crippen LogP contribution is -2.53. The molecule has 0 aliphatic heterocycles. The van der Waals surface area contributed by atoms with Crippen LogP contribution >= 0.6 is 0 Å². The third-order valence-corrected chi connectivity index (χ3v) is 8.47. The monoisotopic (exact) mass is 838 g/mol. The van der Waals surface area contributed by atoms with Crippen LogP contribution in [0.4, 0.5) is 11.4 Å². The molecular formula is C40H46N12O9. The summed E-state index contributed by atoms with van der Waals surface area (Å²) in [5, 5.41) is 27.5. The van der Waals surface area contributed by atoms with Gasteiger partial charge in [0.05, 0.1) is 77.4 Å². The molecule has 0 aliphatic carbocycles. The van der Waals surface area contributed by atoms with Gasteiger partial charge in [0.15, 0.2) is 0 Å². The summed E-state index contributed by atoms with van der Waals surface area (Å²) in [7, 11) is 0. The van der Waals surface area contributed by atoms with Crippen LogP contribution in [0, 0.1) is 5.92 Å². The lowest BCUT2D eigenvalue weighted by Gasteiger charge is -2.20. The van der Waals surface area contributed by atoms with Crippen LogP contribution in [0.3, 0.4) is 0 Å². The van der Waals surface area contributed by atoms with E-state index in [0.717, 1.165) is 0 Å². The van der Waals surface area contributed by atoms with Gasteiger partial charge < -0.3 is 48.1 Å². The van der Waals surface area contributed by atoms with Crippen molar-refractivity contribution in [3.63, 3.8) is 0 Å². The first-order chi connectivity index (χ1) is 29.0. The van der Waals surface area contributed by atoms with Gasteiger partial charge in [-0.1, -0.05) is 13.8 Å². The van der Waals surface area contributed by atoms with E-state index >= 15 is 0 Å². The number of rotatable bonds is 19. The molecule has 0 fully saturated rings. The zero-order chi connectivity index (χ0) is 44.6. The van der Waals surface area contributed by atoms with E-state index in [1.54, 1.807) is 30.3 Å². The first-order valence-corrected chi connectivity index (χ1v) is 18.8. The number of nitrogens with two attached hydrogens (primary N) is 1. The van der Waals surface area contributed by atoms with E-state index in [-0.39, 0.29) is 36.0 Å². The molecule has 0 saturated heterocycles. The highest BCUT2D eigenvalue weighted by Crippen LogP contribution is 2.19. The average molecular weight is 839 g/mol. The third-order valence-electron chi connectivity index (χ3n) is 8.47. The lowest BCUT2D eigenvalue weighted by atomic mass is 10.0. The molecule has 4 aromatic heterocycles. The van der Waals surface area contributed by atoms with E-state index in [1.807, 2.05) is 13.8 Å². The number of anilines is 2. The fourth-order valence-corrected chi connectivity index (χ4v) is 5.32. The lowest BCUT2D eigenvalue weighted by molar-refractivity contribution is -0.128. The SMILES string of the molecule is CC(=O)NCC(=O)N[C@@H](CC(C)C)C(=O)Nc1ccc(-c2ccc(C(=O)N[C@@H](CO)C(=O)N[C@@H](C)C(=O)Nc3ccc(-c4ccc(C(=O)NCC(N)=O)cn4)nc3)cn2)nc1. The van der Waals surface area contributed by atoms with Crippen molar-refractivity contribution in [2.24, 2.45) is 11.7 Å². The Hall–Kier alpha value is -7.68. The van der Waals surface area contributed by atoms with Crippen LogP contribution in [0.15, 0.2) is 73.3 Å². The highest BCUT2D eigenvalue weighted by Gasteiger charge is 2.25. The van der Waals surface area contributed by atoms with Gasteiger partial charge in [0, 0.05) is 19.3 Å². The van der Waals surface area contributed by atoms with E-state index < -0.39 is 66.1 Å². The molecule has 4 rings (SSSR count). The van der Waals surface area contributed by atoms with Crippen LogP contribution in [-0.4, -0.2) is 110 Å². The zero-order valence-corrected chi connectivity index (χ0v) is 33.6. The van der Waals surface area contributed by atoms with Crippen molar-refractivity contribution in [1.29, 1.82) is 0 Å². The van der Waals surface area contributed by atoms with Crippen molar-refractivity contribution in [3.05, 3.63) is 84.4 Å². The van der Waals surface area contributed by atoms with E-state index in [2.05, 4.69) is 57.2 Å². The minimum atomic E-state index is -1.41. The number of pyridine rings is 4. The number of aliphatic hydroxyl groups excluding tert-OH is 1. The molecule has 10 N–H and O–H groups in total. The van der Waals surface area contributed by atoms with Crippen molar-refractivity contribution in [3.8, 4) is 22.8 Å². The number of hydrogen-bond acceptors (Lipinski definition) is 13. The predicted molar refractivity (Wildman–Crippen MR) is 220 cm³/mol. The Morgan fingerprint density at radius 3 is 1.54 bits per heavy atom. The number of hydrogen-bond donors (Lipinski definition) is 9. The number of carbonyl (C=O) groups is 8. The molecule has 0 spiro atoms. The fraction of sp³-hybridized carbons (Fsp3) is 0.300. The van der Waals surface area contributed by atoms with Crippen LogP contribution in [-0.2, 0) is 28.8 Å². The number of primary amides is 1. The predicted octanol–water partition coefficient (Wildman–Crippen LogP) is -0.345. The second-order valence-electron chi connectivity index (χ2n) is 14.0. The topological polar surface area (TPSA) is 319 Å². The van der Waals surface area contributed by atoms with Gasteiger partial charge >= 0.3 is 0 Å². The van der Waals surface area contributed by atoms with Crippen molar-refractivity contribution in [1.82, 2.24) is 46.5 Å². The van der Waals surface area contributed by atoms with Crippen LogP contribution < -0.4 is 43.0 Å². The van der Waals surface area contributed by atoms with Gasteiger partial charge in [0.2, 0.25) is 35.4 Å². The molecule has 21 heteroatoms. The second kappa shape index (κ2) is 21.9. The molecule has 8 amide bonds. The Kier molecular flexibility index (Phi) is 16.5. The van der Waals surface area contributed by atoms with E-state index in [4.69, 9.17) is 5.73 Å². The molecule has 0 bridgehead atoms. The minimum Gasteiger partial charge on any atom is -0.394 e. The summed E-state index contributed by atoms with van der Waals surface area (Å²) < 4.78 is 0. The van der Waals surface area contributed by atoms with Crippen LogP contribution in [0.5, 0.6) is 0 Å². The maximum Gasteiger partial charge on any atom is 0.253 e. The molecule has 0 radical (unpaired) electrons. The van der Waals surface area contributed by atoms with Crippen molar-refractivity contribution in [2.45, 2.75) is 52.2 Å². The van der Waals surface area contributed by atoms with Gasteiger partial charge in [-0.25, -0.2) is 0 Å². The molecule has 3 atom stereocenters. The summed E-state index contributed by atoms with van der Waals surface area (Å²) in [5.41, 5.74) is 7.62. The molecule has 4 aromatic rings. The van der Waals surface area contributed by atoms with E-state index in [9.17, 15) is 43.5 Å². The molecule has 0 saturated carbocycles. The number of nitrogens with zero attached hydrogens (tertiary/aromatic N) is 4. The maximum atomic E-state index is 13.0. The summed E-state index contributed by atoms with van der Waals surface area (Å²) in [4.78, 5) is 115. The summed E-state index contributed by atoms with van der Waals surface area (Å²) in [6.07, 6.45) is 5.69.